The molecule has 5 fully saturated rings. The zero-order chi connectivity index (χ0) is 81.8. The standard InChI is InChI=1S/C26H41N3O8.C24H37N3O8.C21H27N2.C10H11ClO.2ClH.Ru/c1-7-10-12-35-13-11-19(27-24(34)37-25(4,5)6)22(32)29-16-18(30)14-20(29)21(31)28-26(15-17(26)8-2)23(33)36-9-3;1-5-34-21(31)24-13-15(24)8-6-7-10-33-11-9-17(25-22(32)35-23(2,3)4)20(30)27-14-16(28)12-18(27)19(29)26-24;1-14-9-16(3)20(17(4)10-14)22-7-8-23(13-22)21-18(5)11-15(2)12-19(21)6;1-7(2)12-10-5-4-9(11)6-8(10)3;;;/h7-8,17-20,30H,1-2,9-16H2,3-6H3,(H,27,34)(H,28,31);6,8,15-18,28H,5,7,9-14H2,1-4H3,(H,25,32)(H,26,29);9-13H,7-8H2,1-6H3;3-7H,1-2H3;2*1H;/q;;-1;;;;+2/p-2/b;8-6-;;;;;/t17-,18-,19+,20+,26-;15-,16-,17+,18+,24-;;;;;/m11...../s1. The van der Waals surface area contributed by atoms with Gasteiger partial charge in [0.2, 0.25) is 23.6 Å². The quantitative estimate of drug-likeness (QED) is 0.0144. The number of nitrogens with zero attached hydrogens (tertiary/aromatic N) is 4. The third kappa shape index (κ3) is 26.8. The molecular formula is C81H116Cl3N8O17Ru-. The van der Waals surface area contributed by atoms with E-state index in [-0.39, 0.29) is 83.1 Å². The number of halogens is 3. The number of nitrogens with one attached hydrogen (secondary N) is 4. The van der Waals surface area contributed by atoms with E-state index in [2.05, 4.69) is 117 Å². The molecule has 2 saturated carbocycles. The number of carbonyl (C=O) groups excluding carboxylic acids is 8. The van der Waals surface area contributed by atoms with E-state index in [1.165, 1.54) is 54.6 Å². The van der Waals surface area contributed by atoms with Gasteiger partial charge in [0.1, 0.15) is 46.4 Å². The van der Waals surface area contributed by atoms with Crippen LogP contribution in [0.1, 0.15) is 160 Å². The average Bonchev–Trinajstić information content (AvgIpc) is 1.59. The van der Waals surface area contributed by atoms with E-state index in [1.807, 2.05) is 42.7 Å². The van der Waals surface area contributed by atoms with Crippen molar-refractivity contribution in [2.24, 2.45) is 11.8 Å². The number of aliphatic hydroxyl groups is 2. The number of amides is 6. The summed E-state index contributed by atoms with van der Waals surface area (Å²) in [5.74, 6) is -3.04. The third-order valence-corrected chi connectivity index (χ3v) is 20.7. The van der Waals surface area contributed by atoms with Crippen LogP contribution in [0.4, 0.5) is 21.0 Å². The van der Waals surface area contributed by atoms with Crippen molar-refractivity contribution in [1.29, 1.82) is 0 Å². The Labute approximate surface area is 667 Å². The van der Waals surface area contributed by atoms with Crippen LogP contribution in [0.25, 0.3) is 0 Å². The zero-order valence-electron chi connectivity index (χ0n) is 66.6. The van der Waals surface area contributed by atoms with Crippen molar-refractivity contribution in [3.8, 4) is 5.75 Å². The number of fused-ring (bicyclic) bond motifs is 2. The minimum absolute atomic E-state index is 0.00970. The second-order valence-corrected chi connectivity index (χ2v) is 36.8. The second kappa shape index (κ2) is 41.6. The van der Waals surface area contributed by atoms with Gasteiger partial charge in [0, 0.05) is 94.9 Å². The van der Waals surface area contributed by atoms with Crippen LogP contribution in [0.5, 0.6) is 5.75 Å². The number of esters is 2. The molecule has 4 aliphatic heterocycles. The molecular weight excluding hydrogens is 1560 g/mol. The minimum atomic E-state index is -1.85. The zero-order valence-corrected chi connectivity index (χ0v) is 70.6. The van der Waals surface area contributed by atoms with Crippen LogP contribution in [0.3, 0.4) is 0 Å². The van der Waals surface area contributed by atoms with E-state index < -0.39 is 120 Å². The fourth-order valence-electron chi connectivity index (χ4n) is 13.8. The average molecular weight is 1680 g/mol. The summed E-state index contributed by atoms with van der Waals surface area (Å²) in [6.07, 6.45) is 6.01. The summed E-state index contributed by atoms with van der Waals surface area (Å²) in [7, 11) is 11.7. The molecule has 29 heteroatoms. The van der Waals surface area contributed by atoms with Crippen LogP contribution in [0, 0.1) is 60.0 Å². The van der Waals surface area contributed by atoms with Gasteiger partial charge in [-0.1, -0.05) is 59.7 Å². The number of carbonyl (C=O) groups is 8. The van der Waals surface area contributed by atoms with Crippen molar-refractivity contribution in [3.63, 3.8) is 0 Å². The second-order valence-electron chi connectivity index (χ2n) is 30.7. The van der Waals surface area contributed by atoms with E-state index in [4.69, 9.17) is 64.1 Å². The van der Waals surface area contributed by atoms with Crippen molar-refractivity contribution >= 4 is 94.7 Å². The van der Waals surface area contributed by atoms with Gasteiger partial charge in [0.25, 0.3) is 0 Å². The van der Waals surface area contributed by atoms with Crippen LogP contribution in [-0.4, -0.2) is 203 Å². The Morgan fingerprint density at radius 1 is 0.791 bits per heavy atom. The topological polar surface area (TPSA) is 303 Å². The van der Waals surface area contributed by atoms with Gasteiger partial charge in [-0.3, -0.25) is 19.2 Å². The molecule has 6 N–H and O–H groups in total. The maximum Gasteiger partial charge on any atom is 0.408 e. The molecule has 0 unspecified atom stereocenters. The number of alkyl carbamates (subject to hydrolysis) is 2. The fraction of sp³-hybridized carbons (Fsp3) is 0.580. The van der Waals surface area contributed by atoms with Gasteiger partial charge in [-0.05, 0) is 145 Å². The largest absolute Gasteiger partial charge is 0.502 e. The monoisotopic (exact) mass is 1680 g/mol. The van der Waals surface area contributed by atoms with Gasteiger partial charge in [0.15, 0.2) is 0 Å². The van der Waals surface area contributed by atoms with Gasteiger partial charge in [-0.25, -0.2) is 19.2 Å². The molecule has 10 atom stereocenters. The van der Waals surface area contributed by atoms with E-state index >= 15 is 0 Å². The molecule has 0 radical (unpaired) electrons. The predicted octanol–water partition coefficient (Wildman–Crippen LogP) is 11.3. The SMILES string of the molecule is C=CCCOCC[C@H](NC(=O)OC(C)(C)C)C(=O)N1C[C@H](O)C[C@H]1C(=O)N[C@]1(C(=O)OCC)C[C@H]1C=C.CC(C)Oc1ccc(Cl)cc1[CH]=[Ru]([Cl])[Cl].CCOC(=O)[C@@]12C[C@H]1/C=C\CCOCC[C@H](NC(=O)OC(C)(C)C)C(=O)N1C[C@H](O)C[C@H]1C(=O)N2.Cc1cc(C)c(N2[CH-]N(c3c(C)cc(C)cc3C)CC2)c(C)c1. The first-order valence-corrected chi connectivity index (χ1v) is 43.4. The number of rotatable bonds is 21. The number of likely N-dealkylation sites (tertiary alicyclic amines) is 1. The first-order chi connectivity index (χ1) is 51.7. The Bertz CT molecular complexity index is 3700. The number of β-amino-alcohol motifs (C(OH)–C–C–N with tert-alkyl or cyclic N) is 1. The molecule has 3 aromatic rings. The number of ether oxygens (including phenoxy) is 7. The van der Waals surface area contributed by atoms with E-state index in [9.17, 15) is 48.6 Å². The van der Waals surface area contributed by atoms with Crippen molar-refractivity contribution < 1.29 is 95.2 Å². The summed E-state index contributed by atoms with van der Waals surface area (Å²) in [4.78, 5) is 111. The maximum atomic E-state index is 13.6. The Morgan fingerprint density at radius 3 is 1.92 bits per heavy atom. The Kier molecular flexibility index (Phi) is 34.7. The number of hydrogen-bond donors (Lipinski definition) is 6. The van der Waals surface area contributed by atoms with Crippen LogP contribution in [0.2, 0.25) is 5.02 Å². The van der Waals surface area contributed by atoms with Gasteiger partial charge in [0.05, 0.1) is 32.0 Å². The minimum Gasteiger partial charge on any atom is -0.502 e. The van der Waals surface area contributed by atoms with E-state index in [0.29, 0.717) is 43.9 Å². The Hall–Kier alpha value is -7.16. The summed E-state index contributed by atoms with van der Waals surface area (Å²) in [6.45, 7) is 43.8. The fourth-order valence-corrected chi connectivity index (χ4v) is 15.8. The molecule has 25 nitrogen and oxygen atoms in total. The molecule has 0 bridgehead atoms. The molecule has 2 aliphatic carbocycles. The summed E-state index contributed by atoms with van der Waals surface area (Å²) in [5, 5.41) is 32.0. The molecule has 6 amide bonds. The Morgan fingerprint density at radius 2 is 1.37 bits per heavy atom. The molecule has 3 aromatic carbocycles. The molecule has 0 aromatic heterocycles. The first kappa shape index (κ1) is 91.7. The number of aryl methyl sites for hydroxylation is 6. The van der Waals surface area contributed by atoms with Crippen LogP contribution in [0.15, 0.2) is 79.9 Å². The maximum absolute atomic E-state index is 13.6. The number of hydrogen-bond acceptors (Lipinski definition) is 19. The van der Waals surface area contributed by atoms with Crippen LogP contribution >= 0.6 is 31.0 Å². The van der Waals surface area contributed by atoms with E-state index in [1.54, 1.807) is 73.6 Å². The van der Waals surface area contributed by atoms with Crippen molar-refractivity contribution in [1.82, 2.24) is 31.1 Å². The molecule has 4 heterocycles. The molecule has 3 saturated heterocycles. The van der Waals surface area contributed by atoms with Gasteiger partial charge in [-0.15, -0.1) is 13.2 Å². The summed E-state index contributed by atoms with van der Waals surface area (Å²) in [6, 6.07) is 10.4. The summed E-state index contributed by atoms with van der Waals surface area (Å²) >= 11 is 4.04. The smallest absolute Gasteiger partial charge is 0.408 e. The van der Waals surface area contributed by atoms with E-state index in [0.717, 1.165) is 24.4 Å². The Balaban J connectivity index is 0.000000240. The molecule has 612 valence electrons. The van der Waals surface area contributed by atoms with Crippen molar-refractivity contribution in [2.45, 2.75) is 227 Å². The van der Waals surface area contributed by atoms with Crippen molar-refractivity contribution in [2.75, 3.05) is 75.6 Å². The predicted molar refractivity (Wildman–Crippen MR) is 424 cm³/mol. The van der Waals surface area contributed by atoms with Crippen LogP contribution in [-0.2, 0) is 70.7 Å². The normalized spacial score (nSPS) is 23.7. The van der Waals surface area contributed by atoms with Gasteiger partial charge in [-0.2, -0.15) is 6.67 Å². The van der Waals surface area contributed by atoms with Gasteiger partial charge >= 0.3 is 132 Å². The number of anilines is 2. The van der Waals surface area contributed by atoms with Crippen molar-refractivity contribution in [3.05, 3.63) is 131 Å². The number of benzene rings is 3. The third-order valence-electron chi connectivity index (χ3n) is 18.6. The first-order valence-electron chi connectivity index (χ1n) is 37.5. The molecule has 9 rings (SSSR count). The summed E-state index contributed by atoms with van der Waals surface area (Å²) < 4.78 is 39.6. The molecule has 6 aliphatic rings. The summed E-state index contributed by atoms with van der Waals surface area (Å²) in [5.41, 5.74) is 7.75. The molecule has 0 spiro atoms. The molecule has 110 heavy (non-hydrogen) atoms. The number of aliphatic hydroxyl groups excluding tert-OH is 2. The van der Waals surface area contributed by atoms with Gasteiger partial charge < -0.3 is 79.5 Å². The van der Waals surface area contributed by atoms with Crippen LogP contribution < -0.4 is 35.8 Å².